The molecule has 2 aliphatic rings. The van der Waals surface area contributed by atoms with Crippen LogP contribution in [0.3, 0.4) is 0 Å². The van der Waals surface area contributed by atoms with Gasteiger partial charge >= 0.3 is 0 Å². The SMILES string of the molecule is Cc1cccc2[nH]c(-c3ccc(-c4cccc(CN5CCC(CCN6CCCCC6)CC5)c4)s3)nc12. The lowest BCUT2D eigenvalue weighted by Crippen LogP contribution is -2.36. The van der Waals surface area contributed by atoms with Crippen molar-refractivity contribution in [3.05, 3.63) is 65.7 Å². The van der Waals surface area contributed by atoms with Gasteiger partial charge in [0, 0.05) is 11.4 Å². The lowest BCUT2D eigenvalue weighted by atomic mass is 9.92. The number of hydrogen-bond donors (Lipinski definition) is 1. The number of para-hydroxylation sites is 1. The highest BCUT2D eigenvalue weighted by Crippen LogP contribution is 2.35. The topological polar surface area (TPSA) is 35.2 Å². The van der Waals surface area contributed by atoms with Crippen LogP contribution < -0.4 is 0 Å². The Morgan fingerprint density at radius 2 is 1.69 bits per heavy atom. The number of H-pyrrole nitrogens is 1. The molecule has 36 heavy (non-hydrogen) atoms. The van der Waals surface area contributed by atoms with Crippen LogP contribution in [0.25, 0.3) is 32.2 Å². The van der Waals surface area contributed by atoms with Gasteiger partial charge in [0.1, 0.15) is 5.82 Å². The Hall–Kier alpha value is -2.47. The van der Waals surface area contributed by atoms with E-state index in [2.05, 4.69) is 76.3 Å². The van der Waals surface area contributed by atoms with Crippen molar-refractivity contribution < 1.29 is 0 Å². The zero-order valence-electron chi connectivity index (χ0n) is 21.5. The van der Waals surface area contributed by atoms with Gasteiger partial charge in [0.15, 0.2) is 0 Å². The first-order valence-corrected chi connectivity index (χ1v) is 14.6. The Balaban J connectivity index is 1.06. The highest BCUT2D eigenvalue weighted by atomic mass is 32.1. The molecule has 2 fully saturated rings. The van der Waals surface area contributed by atoms with E-state index < -0.39 is 0 Å². The molecule has 0 spiro atoms. The molecule has 0 aliphatic carbocycles. The van der Waals surface area contributed by atoms with E-state index in [1.165, 1.54) is 97.7 Å². The van der Waals surface area contributed by atoms with Crippen molar-refractivity contribution in [1.29, 1.82) is 0 Å². The van der Waals surface area contributed by atoms with E-state index in [1.54, 1.807) is 0 Å². The highest BCUT2D eigenvalue weighted by molar-refractivity contribution is 7.18. The maximum absolute atomic E-state index is 4.88. The number of hydrogen-bond acceptors (Lipinski definition) is 4. The summed E-state index contributed by atoms with van der Waals surface area (Å²) >= 11 is 1.82. The molecule has 188 valence electrons. The van der Waals surface area contributed by atoms with Crippen LogP contribution >= 0.6 is 11.3 Å². The monoisotopic (exact) mass is 498 g/mol. The van der Waals surface area contributed by atoms with Gasteiger partial charge in [-0.25, -0.2) is 4.98 Å². The van der Waals surface area contributed by atoms with E-state index in [9.17, 15) is 0 Å². The minimum atomic E-state index is 0.918. The summed E-state index contributed by atoms with van der Waals surface area (Å²) < 4.78 is 0. The van der Waals surface area contributed by atoms with Crippen LogP contribution in [0, 0.1) is 12.8 Å². The van der Waals surface area contributed by atoms with Crippen molar-refractivity contribution in [2.24, 2.45) is 5.92 Å². The van der Waals surface area contributed by atoms with Crippen LogP contribution in [-0.2, 0) is 6.54 Å². The summed E-state index contributed by atoms with van der Waals surface area (Å²) in [5.74, 6) is 1.89. The number of fused-ring (bicyclic) bond motifs is 1. The third kappa shape index (κ3) is 5.44. The molecule has 4 heterocycles. The number of likely N-dealkylation sites (tertiary alicyclic amines) is 2. The molecule has 0 bridgehead atoms. The second kappa shape index (κ2) is 10.9. The summed E-state index contributed by atoms with van der Waals surface area (Å²) in [6.45, 7) is 9.65. The highest BCUT2D eigenvalue weighted by Gasteiger charge is 2.21. The largest absolute Gasteiger partial charge is 0.337 e. The van der Waals surface area contributed by atoms with E-state index >= 15 is 0 Å². The fourth-order valence-corrected chi connectivity index (χ4v) is 6.92. The fourth-order valence-electron chi connectivity index (χ4n) is 5.98. The smallest absolute Gasteiger partial charge is 0.148 e. The number of imidazole rings is 1. The number of aromatic amines is 1. The molecule has 6 rings (SSSR count). The maximum atomic E-state index is 4.88. The number of benzene rings is 2. The molecule has 4 aromatic rings. The van der Waals surface area contributed by atoms with E-state index in [1.807, 2.05) is 11.3 Å². The Labute approximate surface area is 219 Å². The number of aromatic nitrogens is 2. The average Bonchev–Trinajstić information content (AvgIpc) is 3.58. The van der Waals surface area contributed by atoms with Crippen LogP contribution in [0.1, 0.15) is 49.7 Å². The number of piperidine rings is 2. The minimum absolute atomic E-state index is 0.918. The van der Waals surface area contributed by atoms with Gasteiger partial charge < -0.3 is 9.88 Å². The zero-order chi connectivity index (χ0) is 24.3. The first-order chi connectivity index (χ1) is 17.7. The number of thiophene rings is 1. The lowest BCUT2D eigenvalue weighted by molar-refractivity contribution is 0.151. The summed E-state index contributed by atoms with van der Waals surface area (Å²) in [4.78, 5) is 16.2. The van der Waals surface area contributed by atoms with Gasteiger partial charge in [0.05, 0.1) is 15.9 Å². The molecule has 1 N–H and O–H groups in total. The van der Waals surface area contributed by atoms with Crippen LogP contribution in [0.4, 0.5) is 0 Å². The Morgan fingerprint density at radius 1 is 0.889 bits per heavy atom. The first-order valence-electron chi connectivity index (χ1n) is 13.8. The third-order valence-electron chi connectivity index (χ3n) is 8.18. The second-order valence-electron chi connectivity index (χ2n) is 10.8. The quantitative estimate of drug-likeness (QED) is 0.289. The van der Waals surface area contributed by atoms with Gasteiger partial charge in [-0.05, 0) is 119 Å². The van der Waals surface area contributed by atoms with Crippen LogP contribution in [-0.4, -0.2) is 52.5 Å². The van der Waals surface area contributed by atoms with Crippen LogP contribution in [0.15, 0.2) is 54.6 Å². The Bertz CT molecular complexity index is 1290. The van der Waals surface area contributed by atoms with Crippen LogP contribution in [0.5, 0.6) is 0 Å². The molecule has 0 radical (unpaired) electrons. The molecule has 2 saturated heterocycles. The number of nitrogens with zero attached hydrogens (tertiary/aromatic N) is 3. The van der Waals surface area contributed by atoms with Crippen molar-refractivity contribution in [3.8, 4) is 21.1 Å². The molecule has 5 heteroatoms. The minimum Gasteiger partial charge on any atom is -0.337 e. The number of nitrogens with one attached hydrogen (secondary N) is 1. The third-order valence-corrected chi connectivity index (χ3v) is 9.32. The summed E-state index contributed by atoms with van der Waals surface area (Å²) in [7, 11) is 0. The average molecular weight is 499 g/mol. The van der Waals surface area contributed by atoms with Gasteiger partial charge in [-0.3, -0.25) is 4.90 Å². The van der Waals surface area contributed by atoms with Crippen molar-refractivity contribution in [2.75, 3.05) is 32.7 Å². The van der Waals surface area contributed by atoms with Crippen molar-refractivity contribution >= 4 is 22.4 Å². The Kier molecular flexibility index (Phi) is 7.22. The van der Waals surface area contributed by atoms with Gasteiger partial charge in [-0.1, -0.05) is 36.8 Å². The summed E-state index contributed by atoms with van der Waals surface area (Å²) in [6.07, 6.45) is 8.37. The van der Waals surface area contributed by atoms with E-state index in [0.29, 0.717) is 0 Å². The predicted octanol–water partition coefficient (Wildman–Crippen LogP) is 7.35. The van der Waals surface area contributed by atoms with E-state index in [0.717, 1.165) is 29.3 Å². The molecular formula is C31H38N4S. The molecule has 4 nitrogen and oxygen atoms in total. The first kappa shape index (κ1) is 23.9. The zero-order valence-corrected chi connectivity index (χ0v) is 22.3. The molecule has 2 aromatic carbocycles. The molecule has 0 unspecified atom stereocenters. The molecule has 0 atom stereocenters. The van der Waals surface area contributed by atoms with E-state index in [4.69, 9.17) is 4.98 Å². The molecular weight excluding hydrogens is 460 g/mol. The van der Waals surface area contributed by atoms with Gasteiger partial charge in [-0.15, -0.1) is 11.3 Å². The standard InChI is InChI=1S/C31H38N4S/c1-23-7-5-10-27-30(23)33-31(32-27)29-12-11-28(36-29)26-9-6-8-25(21-26)22-35-19-14-24(15-20-35)13-18-34-16-3-2-4-17-34/h5-12,21,24H,2-4,13-20,22H2,1H3,(H,32,33). The predicted molar refractivity (Wildman–Crippen MR) is 152 cm³/mol. The number of rotatable bonds is 7. The summed E-state index contributed by atoms with van der Waals surface area (Å²) in [5.41, 5.74) is 6.13. The number of aryl methyl sites for hydroxylation is 1. The second-order valence-corrected chi connectivity index (χ2v) is 11.9. The molecule has 0 amide bonds. The van der Waals surface area contributed by atoms with Crippen LogP contribution in [0.2, 0.25) is 0 Å². The van der Waals surface area contributed by atoms with Crippen molar-refractivity contribution in [1.82, 2.24) is 19.8 Å². The summed E-state index contributed by atoms with van der Waals surface area (Å²) in [6, 6.07) is 19.9. The fraction of sp³-hybridized carbons (Fsp3) is 0.452. The van der Waals surface area contributed by atoms with E-state index in [-0.39, 0.29) is 0 Å². The molecule has 2 aromatic heterocycles. The molecule has 0 saturated carbocycles. The Morgan fingerprint density at radius 3 is 2.53 bits per heavy atom. The summed E-state index contributed by atoms with van der Waals surface area (Å²) in [5, 5.41) is 0. The van der Waals surface area contributed by atoms with Crippen molar-refractivity contribution in [2.45, 2.75) is 52.0 Å². The van der Waals surface area contributed by atoms with Crippen molar-refractivity contribution in [3.63, 3.8) is 0 Å². The normalized spacial score (nSPS) is 18.2. The van der Waals surface area contributed by atoms with Gasteiger partial charge in [0.2, 0.25) is 0 Å². The van der Waals surface area contributed by atoms with Gasteiger partial charge in [0.25, 0.3) is 0 Å². The molecule has 2 aliphatic heterocycles. The lowest BCUT2D eigenvalue weighted by Gasteiger charge is -2.34. The van der Waals surface area contributed by atoms with Gasteiger partial charge in [-0.2, -0.15) is 0 Å². The maximum Gasteiger partial charge on any atom is 0.148 e.